The summed E-state index contributed by atoms with van der Waals surface area (Å²) in [6.07, 6.45) is 9.58. The first-order valence-electron chi connectivity index (χ1n) is 21.0. The summed E-state index contributed by atoms with van der Waals surface area (Å²) in [6.45, 7) is 12.0. The quantitative estimate of drug-likeness (QED) is 0.0908. The molecule has 3 aliphatic rings. The molecule has 2 saturated heterocycles. The molecule has 0 bridgehead atoms. The van der Waals surface area contributed by atoms with E-state index in [9.17, 15) is 19.2 Å². The molecule has 0 radical (unpaired) electrons. The molecule has 2 aromatic carbocycles. The Morgan fingerprint density at radius 1 is 0.839 bits per heavy atom. The molecule has 2 N–H and O–H groups in total. The number of carbonyl (C=O) groups is 4. The number of nitrogens with zero attached hydrogens (tertiary/aromatic N) is 9. The van der Waals surface area contributed by atoms with Gasteiger partial charge in [-0.1, -0.05) is 19.1 Å². The van der Waals surface area contributed by atoms with Crippen LogP contribution < -0.4 is 20.3 Å². The van der Waals surface area contributed by atoms with Crippen LogP contribution in [0.5, 0.6) is 5.75 Å². The number of amides is 4. The van der Waals surface area contributed by atoms with Crippen molar-refractivity contribution in [2.24, 2.45) is 5.92 Å². The normalized spacial score (nSPS) is 16.9. The largest absolute Gasteiger partial charge is 0.491 e. The Balaban J connectivity index is 0.694. The van der Waals surface area contributed by atoms with Crippen LogP contribution in [0.25, 0.3) is 16.8 Å². The lowest BCUT2D eigenvalue weighted by Crippen LogP contribution is -2.54. The molecule has 8 rings (SSSR count). The number of carbonyl (C=O) groups excluding carboxylic acids is 4. The van der Waals surface area contributed by atoms with E-state index in [1.54, 1.807) is 35.3 Å². The Morgan fingerprint density at radius 2 is 1.61 bits per heavy atom. The molecule has 2 fully saturated rings. The zero-order chi connectivity index (χ0) is 43.0. The van der Waals surface area contributed by atoms with E-state index < -0.39 is 29.7 Å². The van der Waals surface area contributed by atoms with Gasteiger partial charge in [0.2, 0.25) is 11.8 Å². The van der Waals surface area contributed by atoms with Gasteiger partial charge in [0.05, 0.1) is 74.5 Å². The second-order valence-corrected chi connectivity index (χ2v) is 15.9. The average Bonchev–Trinajstić information content (AvgIpc) is 4.01. The molecule has 62 heavy (non-hydrogen) atoms. The Morgan fingerprint density at radius 3 is 2.40 bits per heavy atom. The highest BCUT2D eigenvalue weighted by atomic mass is 16.5. The fourth-order valence-electron chi connectivity index (χ4n) is 7.65. The Hall–Kier alpha value is -6.50. The number of nitrogens with one attached hydrogen (secondary N) is 2. The molecule has 6 heterocycles. The van der Waals surface area contributed by atoms with Crippen molar-refractivity contribution < 1.29 is 33.4 Å². The lowest BCUT2D eigenvalue weighted by Gasteiger charge is -2.35. The predicted octanol–water partition coefficient (Wildman–Crippen LogP) is 3.43. The summed E-state index contributed by atoms with van der Waals surface area (Å²) in [7, 11) is 0. The zero-order valence-corrected chi connectivity index (χ0v) is 34.9. The van der Waals surface area contributed by atoms with Crippen molar-refractivity contribution in [3.05, 3.63) is 96.3 Å². The van der Waals surface area contributed by atoms with Crippen molar-refractivity contribution in [1.82, 2.24) is 44.9 Å². The van der Waals surface area contributed by atoms with Gasteiger partial charge in [-0.25, -0.2) is 9.36 Å². The maximum atomic E-state index is 13.1. The molecule has 1 atom stereocenters. The zero-order valence-electron chi connectivity index (χ0n) is 34.9. The van der Waals surface area contributed by atoms with Crippen LogP contribution in [-0.2, 0) is 32.2 Å². The van der Waals surface area contributed by atoms with Crippen LogP contribution in [0.1, 0.15) is 53.1 Å². The third-order valence-corrected chi connectivity index (χ3v) is 10.9. The monoisotopic (exact) mass is 845 g/mol. The topological polar surface area (TPSA) is 191 Å². The second-order valence-electron chi connectivity index (χ2n) is 15.9. The number of imide groups is 2. The number of aromatic nitrogens is 6. The molecule has 0 aliphatic carbocycles. The van der Waals surface area contributed by atoms with Crippen molar-refractivity contribution in [2.45, 2.75) is 45.8 Å². The van der Waals surface area contributed by atoms with E-state index in [1.165, 1.54) is 5.69 Å². The van der Waals surface area contributed by atoms with Gasteiger partial charge in [-0.05, 0) is 60.9 Å². The fraction of sp³-hybridized carbons (Fsp3) is 0.409. The van der Waals surface area contributed by atoms with Gasteiger partial charge >= 0.3 is 0 Å². The maximum Gasteiger partial charge on any atom is 0.262 e. The van der Waals surface area contributed by atoms with Gasteiger partial charge in [0, 0.05) is 86.8 Å². The molecule has 4 amide bonds. The maximum absolute atomic E-state index is 13.1. The molecule has 0 spiro atoms. The number of benzene rings is 2. The number of hydrogen-bond acceptors (Lipinski definition) is 14. The highest BCUT2D eigenvalue weighted by Gasteiger charge is 2.44. The van der Waals surface area contributed by atoms with Crippen LogP contribution in [0, 0.1) is 5.92 Å². The summed E-state index contributed by atoms with van der Waals surface area (Å²) in [6, 6.07) is 14.4. The predicted molar refractivity (Wildman–Crippen MR) is 228 cm³/mol. The Bertz CT molecular complexity index is 2370. The molecule has 0 saturated carbocycles. The fourth-order valence-corrected chi connectivity index (χ4v) is 7.65. The van der Waals surface area contributed by atoms with Crippen LogP contribution in [0.3, 0.4) is 0 Å². The number of anilines is 2. The molecule has 18 nitrogen and oxygen atoms in total. The van der Waals surface area contributed by atoms with Gasteiger partial charge in [0.25, 0.3) is 11.8 Å². The lowest BCUT2D eigenvalue weighted by atomic mass is 10.0. The van der Waals surface area contributed by atoms with E-state index in [0.717, 1.165) is 65.9 Å². The third-order valence-electron chi connectivity index (χ3n) is 10.9. The molecule has 3 aliphatic heterocycles. The van der Waals surface area contributed by atoms with E-state index >= 15 is 0 Å². The van der Waals surface area contributed by atoms with E-state index in [2.05, 4.69) is 78.9 Å². The van der Waals surface area contributed by atoms with Crippen molar-refractivity contribution in [2.75, 3.05) is 76.0 Å². The van der Waals surface area contributed by atoms with Gasteiger partial charge in [-0.15, -0.1) is 5.10 Å². The van der Waals surface area contributed by atoms with E-state index in [-0.39, 0.29) is 24.0 Å². The molecule has 18 heteroatoms. The van der Waals surface area contributed by atoms with E-state index in [0.29, 0.717) is 57.7 Å². The van der Waals surface area contributed by atoms with Crippen LogP contribution in [-0.4, -0.2) is 135 Å². The molecule has 1 unspecified atom stereocenters. The van der Waals surface area contributed by atoms with Crippen molar-refractivity contribution in [1.29, 1.82) is 0 Å². The first-order valence-corrected chi connectivity index (χ1v) is 21.0. The number of piperazine rings is 1. The van der Waals surface area contributed by atoms with Crippen molar-refractivity contribution >= 4 is 35.0 Å². The van der Waals surface area contributed by atoms with Crippen LogP contribution >= 0.6 is 0 Å². The Kier molecular flexibility index (Phi) is 13.3. The number of rotatable bonds is 19. The summed E-state index contributed by atoms with van der Waals surface area (Å²) >= 11 is 0. The highest BCUT2D eigenvalue weighted by molar-refractivity contribution is 6.23. The summed E-state index contributed by atoms with van der Waals surface area (Å²) in [5.41, 5.74) is 6.16. The number of fused-ring (bicyclic) bond motifs is 1. The van der Waals surface area contributed by atoms with Crippen LogP contribution in [0.15, 0.2) is 79.5 Å². The molecular weight excluding hydrogens is 795 g/mol. The van der Waals surface area contributed by atoms with Gasteiger partial charge in [-0.3, -0.25) is 39.3 Å². The van der Waals surface area contributed by atoms with Crippen LogP contribution in [0.2, 0.25) is 0 Å². The standard InChI is InChI=1S/C44H51N11O7/c1-30(2)29-62-40-25-45-12-11-36(40)31-24-47-54(26-31)35-6-4-34(5-7-35)52-16-14-51(15-17-52)27-33-28-53(50-49-33)18-20-61-22-21-60-19-13-46-32-3-8-37-38(23-32)44(59)55(43(37)58)39-9-10-41(56)48-42(39)57/h3-8,11-12,23-26,28,30,39,46H,9-10,13-22,27,29H2,1-2H3,(H,48,56,57). The number of hydrogen-bond donors (Lipinski definition) is 2. The molecule has 5 aromatic rings. The summed E-state index contributed by atoms with van der Waals surface area (Å²) in [4.78, 5) is 59.8. The van der Waals surface area contributed by atoms with Crippen LogP contribution in [0.4, 0.5) is 11.4 Å². The lowest BCUT2D eigenvalue weighted by molar-refractivity contribution is -0.136. The number of ether oxygens (including phenoxy) is 3. The second kappa shape index (κ2) is 19.5. The van der Waals surface area contributed by atoms with Gasteiger partial charge in [-0.2, -0.15) is 5.10 Å². The van der Waals surface area contributed by atoms with E-state index in [1.807, 2.05) is 29.3 Å². The summed E-state index contributed by atoms with van der Waals surface area (Å²) in [5.74, 6) is -0.941. The van der Waals surface area contributed by atoms with Crippen molar-refractivity contribution in [3.8, 4) is 22.6 Å². The molecular formula is C44H51N11O7. The first-order chi connectivity index (χ1) is 30.2. The third kappa shape index (κ3) is 9.99. The van der Waals surface area contributed by atoms with Gasteiger partial charge < -0.3 is 24.4 Å². The summed E-state index contributed by atoms with van der Waals surface area (Å²) < 4.78 is 21.1. The molecule has 324 valence electrons. The average molecular weight is 846 g/mol. The van der Waals surface area contributed by atoms with Gasteiger partial charge in [0.1, 0.15) is 11.8 Å². The molecule has 3 aromatic heterocycles. The minimum Gasteiger partial charge on any atom is -0.491 e. The number of piperidine rings is 1. The van der Waals surface area contributed by atoms with E-state index in [4.69, 9.17) is 14.2 Å². The minimum atomic E-state index is -0.995. The van der Waals surface area contributed by atoms with Crippen molar-refractivity contribution in [3.63, 3.8) is 0 Å². The number of pyridine rings is 1. The SMILES string of the molecule is CC(C)COc1cnccc1-c1cnn(-c2ccc(N3CCN(Cc4cn(CCOCCOCCNc5ccc6c(c5)C(=O)N(C5CCC(=O)NC5=O)C6=O)nn4)CC3)cc2)c1. The minimum absolute atomic E-state index is 0.0745. The Labute approximate surface area is 359 Å². The highest BCUT2D eigenvalue weighted by Crippen LogP contribution is 2.31. The first kappa shape index (κ1) is 42.2. The van der Waals surface area contributed by atoms with Gasteiger partial charge in [0.15, 0.2) is 0 Å². The smallest absolute Gasteiger partial charge is 0.262 e. The summed E-state index contributed by atoms with van der Waals surface area (Å²) in [5, 5.41) is 18.7.